The zero-order valence-corrected chi connectivity index (χ0v) is 11.3. The molecule has 0 heterocycles. The number of alkyl halides is 1. The van der Waals surface area contributed by atoms with Crippen LogP contribution in [0, 0.1) is 17.8 Å². The standard InChI is InChI=1S/C14H20Cl2/c1-10(11-6-3-2-4-7-11)14-12(15)8-5-9-13(14)16/h5,8-12,14H,2-4,6-7H2,1H3. The molecule has 2 heteroatoms. The second kappa shape index (κ2) is 5.60. The Morgan fingerprint density at radius 2 is 1.94 bits per heavy atom. The van der Waals surface area contributed by atoms with E-state index in [2.05, 4.69) is 13.0 Å². The van der Waals surface area contributed by atoms with E-state index >= 15 is 0 Å². The zero-order valence-electron chi connectivity index (χ0n) is 9.83. The smallest absolute Gasteiger partial charge is 0.0598 e. The van der Waals surface area contributed by atoms with Crippen LogP contribution in [0.25, 0.3) is 0 Å². The quantitative estimate of drug-likeness (QED) is 0.604. The second-order valence-corrected chi connectivity index (χ2v) is 6.10. The molecule has 3 unspecified atom stereocenters. The molecule has 2 rings (SSSR count). The Labute approximate surface area is 109 Å². The first-order valence-corrected chi connectivity index (χ1v) is 7.19. The van der Waals surface area contributed by atoms with Gasteiger partial charge in [0.15, 0.2) is 0 Å². The predicted octanol–water partition coefficient (Wildman–Crippen LogP) is 5.12. The molecule has 0 saturated heterocycles. The fourth-order valence-corrected chi connectivity index (χ4v) is 4.05. The zero-order chi connectivity index (χ0) is 11.5. The van der Waals surface area contributed by atoms with Crippen LogP contribution >= 0.6 is 23.2 Å². The van der Waals surface area contributed by atoms with Crippen molar-refractivity contribution in [3.05, 3.63) is 23.3 Å². The minimum Gasteiger partial charge on any atom is -0.118 e. The molecule has 1 fully saturated rings. The molecule has 0 spiro atoms. The molecule has 90 valence electrons. The van der Waals surface area contributed by atoms with Crippen LogP contribution in [0.1, 0.15) is 39.0 Å². The van der Waals surface area contributed by atoms with E-state index in [4.69, 9.17) is 23.2 Å². The van der Waals surface area contributed by atoms with Crippen LogP contribution in [0.5, 0.6) is 0 Å². The molecule has 1 saturated carbocycles. The fraction of sp³-hybridized carbons (Fsp3) is 0.714. The Hall–Kier alpha value is 0.0600. The van der Waals surface area contributed by atoms with Crippen molar-refractivity contribution in [3.63, 3.8) is 0 Å². The third kappa shape index (κ3) is 2.65. The minimum absolute atomic E-state index is 0.0782. The Morgan fingerprint density at radius 3 is 2.56 bits per heavy atom. The van der Waals surface area contributed by atoms with Gasteiger partial charge in [0.25, 0.3) is 0 Å². The van der Waals surface area contributed by atoms with Crippen LogP contribution in [-0.2, 0) is 0 Å². The van der Waals surface area contributed by atoms with Crippen molar-refractivity contribution in [3.8, 4) is 0 Å². The average molecular weight is 259 g/mol. The van der Waals surface area contributed by atoms with Crippen molar-refractivity contribution in [2.24, 2.45) is 17.8 Å². The molecule has 2 aliphatic carbocycles. The maximum atomic E-state index is 6.38. The summed E-state index contributed by atoms with van der Waals surface area (Å²) in [6.45, 7) is 2.32. The van der Waals surface area contributed by atoms with Crippen molar-refractivity contribution in [2.45, 2.75) is 44.4 Å². The summed E-state index contributed by atoms with van der Waals surface area (Å²) in [4.78, 5) is 0. The average Bonchev–Trinajstić information content (AvgIpc) is 2.30. The van der Waals surface area contributed by atoms with Crippen LogP contribution in [0.15, 0.2) is 23.3 Å². The molecule has 0 radical (unpaired) electrons. The number of allylic oxidation sites excluding steroid dienone is 4. The summed E-state index contributed by atoms with van der Waals surface area (Å²) in [6, 6.07) is 0. The van der Waals surface area contributed by atoms with Gasteiger partial charge in [-0.25, -0.2) is 0 Å². The van der Waals surface area contributed by atoms with Crippen molar-refractivity contribution in [2.75, 3.05) is 0 Å². The summed E-state index contributed by atoms with van der Waals surface area (Å²) in [5, 5.41) is 1.02. The van der Waals surface area contributed by atoms with Gasteiger partial charge in [-0.1, -0.05) is 62.8 Å². The Balaban J connectivity index is 2.05. The highest BCUT2D eigenvalue weighted by Crippen LogP contribution is 2.41. The van der Waals surface area contributed by atoms with E-state index in [-0.39, 0.29) is 5.38 Å². The van der Waals surface area contributed by atoms with Gasteiger partial charge in [0.05, 0.1) is 5.38 Å². The molecule has 0 bridgehead atoms. The SMILES string of the molecule is CC(C1CCCCC1)C1C(Cl)=CC=CC1Cl. The molecule has 2 aliphatic rings. The predicted molar refractivity (Wildman–Crippen MR) is 71.9 cm³/mol. The molecule has 0 N–H and O–H groups in total. The molecular weight excluding hydrogens is 239 g/mol. The van der Waals surface area contributed by atoms with Crippen LogP contribution in [0.4, 0.5) is 0 Å². The number of rotatable bonds is 2. The van der Waals surface area contributed by atoms with Gasteiger partial charge >= 0.3 is 0 Å². The van der Waals surface area contributed by atoms with Gasteiger partial charge in [-0.05, 0) is 17.9 Å². The van der Waals surface area contributed by atoms with Gasteiger partial charge in [-0.2, -0.15) is 0 Å². The number of hydrogen-bond acceptors (Lipinski definition) is 0. The van der Waals surface area contributed by atoms with Gasteiger partial charge in [0.2, 0.25) is 0 Å². The van der Waals surface area contributed by atoms with Crippen LogP contribution < -0.4 is 0 Å². The first-order chi connectivity index (χ1) is 7.70. The highest BCUT2D eigenvalue weighted by Gasteiger charge is 2.33. The maximum Gasteiger partial charge on any atom is 0.0598 e. The van der Waals surface area contributed by atoms with Crippen LogP contribution in [-0.4, -0.2) is 5.38 Å². The molecule has 3 atom stereocenters. The first kappa shape index (κ1) is 12.5. The largest absolute Gasteiger partial charge is 0.118 e. The summed E-state index contributed by atoms with van der Waals surface area (Å²) < 4.78 is 0. The summed E-state index contributed by atoms with van der Waals surface area (Å²) in [5.41, 5.74) is 0. The van der Waals surface area contributed by atoms with E-state index in [0.717, 1.165) is 11.0 Å². The van der Waals surface area contributed by atoms with Crippen molar-refractivity contribution < 1.29 is 0 Å². The fourth-order valence-electron chi connectivity index (χ4n) is 3.13. The molecule has 0 aromatic rings. The third-order valence-corrected chi connectivity index (χ3v) is 4.97. The third-order valence-electron chi connectivity index (χ3n) is 4.17. The lowest BCUT2D eigenvalue weighted by atomic mass is 9.73. The number of hydrogen-bond donors (Lipinski definition) is 0. The molecule has 0 aromatic heterocycles. The second-order valence-electron chi connectivity index (χ2n) is 5.16. The first-order valence-electron chi connectivity index (χ1n) is 6.38. The molecule has 16 heavy (non-hydrogen) atoms. The van der Waals surface area contributed by atoms with E-state index in [1.807, 2.05) is 12.2 Å². The van der Waals surface area contributed by atoms with Crippen molar-refractivity contribution in [1.82, 2.24) is 0 Å². The highest BCUT2D eigenvalue weighted by atomic mass is 35.5. The Bertz CT molecular complexity index is 287. The number of halogens is 2. The van der Waals surface area contributed by atoms with E-state index in [9.17, 15) is 0 Å². The lowest BCUT2D eigenvalue weighted by Gasteiger charge is -2.35. The van der Waals surface area contributed by atoms with Crippen molar-refractivity contribution in [1.29, 1.82) is 0 Å². The summed E-state index contributed by atoms with van der Waals surface area (Å²) in [6.07, 6.45) is 12.9. The van der Waals surface area contributed by atoms with E-state index in [0.29, 0.717) is 11.8 Å². The van der Waals surface area contributed by atoms with Crippen LogP contribution in [0.3, 0.4) is 0 Å². The van der Waals surface area contributed by atoms with Crippen molar-refractivity contribution >= 4 is 23.2 Å². The minimum atomic E-state index is 0.0782. The Morgan fingerprint density at radius 1 is 1.25 bits per heavy atom. The van der Waals surface area contributed by atoms with Crippen LogP contribution in [0.2, 0.25) is 0 Å². The van der Waals surface area contributed by atoms with Gasteiger partial charge in [-0.15, -0.1) is 11.6 Å². The van der Waals surface area contributed by atoms with Gasteiger partial charge < -0.3 is 0 Å². The maximum absolute atomic E-state index is 6.38. The summed E-state index contributed by atoms with van der Waals surface area (Å²) >= 11 is 12.7. The Kier molecular flexibility index (Phi) is 4.38. The van der Waals surface area contributed by atoms with Gasteiger partial charge in [-0.3, -0.25) is 0 Å². The van der Waals surface area contributed by atoms with E-state index < -0.39 is 0 Å². The molecule has 0 aromatic carbocycles. The normalized spacial score (nSPS) is 33.6. The molecular formula is C14H20Cl2. The molecule has 0 nitrogen and oxygen atoms in total. The lowest BCUT2D eigenvalue weighted by molar-refractivity contribution is 0.218. The summed E-state index contributed by atoms with van der Waals surface area (Å²) in [5.74, 6) is 1.75. The highest BCUT2D eigenvalue weighted by molar-refractivity contribution is 6.31. The van der Waals surface area contributed by atoms with Gasteiger partial charge in [0.1, 0.15) is 0 Å². The molecule has 0 amide bonds. The van der Waals surface area contributed by atoms with E-state index in [1.54, 1.807) is 0 Å². The summed E-state index contributed by atoms with van der Waals surface area (Å²) in [7, 11) is 0. The molecule has 0 aliphatic heterocycles. The van der Waals surface area contributed by atoms with Gasteiger partial charge in [0, 0.05) is 11.0 Å². The lowest BCUT2D eigenvalue weighted by Crippen LogP contribution is -2.29. The topological polar surface area (TPSA) is 0 Å². The monoisotopic (exact) mass is 258 g/mol. The van der Waals surface area contributed by atoms with E-state index in [1.165, 1.54) is 32.1 Å².